The molecule has 0 spiro atoms. The third kappa shape index (κ3) is 3.92. The Balaban J connectivity index is 1.32. The maximum atomic E-state index is 14.0. The van der Waals surface area contributed by atoms with Crippen LogP contribution in [0.4, 0.5) is 11.4 Å². The molecule has 3 aromatic rings. The molecule has 4 amide bonds. The fraction of sp³-hybridized carbons (Fsp3) is 0.290. The molecule has 6 unspecified atom stereocenters. The van der Waals surface area contributed by atoms with Gasteiger partial charge in [0, 0.05) is 10.0 Å². The van der Waals surface area contributed by atoms with Gasteiger partial charge in [-0.1, -0.05) is 34.9 Å². The van der Waals surface area contributed by atoms with Gasteiger partial charge in [0.2, 0.25) is 23.6 Å². The second-order valence-corrected chi connectivity index (χ2v) is 11.8. The molecule has 10 heteroatoms. The molecule has 0 bridgehead atoms. The summed E-state index contributed by atoms with van der Waals surface area (Å²) in [6.07, 6.45) is 2.53. The number of allylic oxidation sites excluding steroid dienone is 2. The lowest BCUT2D eigenvalue weighted by atomic mass is 9.58. The van der Waals surface area contributed by atoms with E-state index in [1.807, 2.05) is 6.08 Å². The highest BCUT2D eigenvalue weighted by Gasteiger charge is 2.62. The third-order valence-corrected chi connectivity index (χ3v) is 9.47. The van der Waals surface area contributed by atoms with Crippen molar-refractivity contribution in [1.29, 1.82) is 0 Å². The van der Waals surface area contributed by atoms with E-state index >= 15 is 0 Å². The highest BCUT2D eigenvalue weighted by molar-refractivity contribution is 6.31. The first-order valence-corrected chi connectivity index (χ1v) is 14.2. The molecular weight excluding hydrogens is 567 g/mol. The quantitative estimate of drug-likeness (QED) is 0.333. The largest absolute Gasteiger partial charge is 0.463 e. The molecule has 1 N–H and O–H groups in total. The number of amides is 4. The van der Waals surface area contributed by atoms with E-state index < -0.39 is 35.5 Å². The fourth-order valence-corrected chi connectivity index (χ4v) is 7.49. The maximum Gasteiger partial charge on any atom is 0.238 e. The van der Waals surface area contributed by atoms with Crippen LogP contribution in [0.2, 0.25) is 10.0 Å². The second-order valence-electron chi connectivity index (χ2n) is 11.0. The van der Waals surface area contributed by atoms with Crippen molar-refractivity contribution < 1.29 is 28.7 Å². The number of hydrogen-bond donors (Lipinski definition) is 1. The zero-order valence-corrected chi connectivity index (χ0v) is 23.1. The Labute approximate surface area is 245 Å². The minimum atomic E-state index is -0.755. The van der Waals surface area contributed by atoms with Crippen LogP contribution in [0.25, 0.3) is 0 Å². The number of benzene rings is 2. The van der Waals surface area contributed by atoms with Crippen LogP contribution in [-0.4, -0.2) is 28.7 Å². The van der Waals surface area contributed by atoms with E-state index in [1.54, 1.807) is 60.7 Å². The Hall–Kier alpha value is -3.72. The number of halogens is 2. The molecule has 2 aliphatic carbocycles. The molecule has 4 aliphatic rings. The first kappa shape index (κ1) is 26.2. The van der Waals surface area contributed by atoms with Crippen LogP contribution < -0.4 is 9.80 Å². The number of hydrogen-bond acceptors (Lipinski definition) is 6. The number of imide groups is 2. The number of furan rings is 1. The van der Waals surface area contributed by atoms with Gasteiger partial charge in [0.05, 0.1) is 41.0 Å². The van der Waals surface area contributed by atoms with Gasteiger partial charge in [-0.2, -0.15) is 0 Å². The van der Waals surface area contributed by atoms with Crippen LogP contribution in [0.1, 0.15) is 30.3 Å². The number of carbonyl (C=O) groups excluding carboxylic acids is 4. The zero-order valence-electron chi connectivity index (χ0n) is 21.6. The van der Waals surface area contributed by atoms with Crippen molar-refractivity contribution >= 4 is 58.2 Å². The van der Waals surface area contributed by atoms with E-state index in [0.717, 1.165) is 5.57 Å². The Morgan fingerprint density at radius 1 is 0.707 bits per heavy atom. The molecule has 2 aliphatic heterocycles. The highest BCUT2D eigenvalue weighted by atomic mass is 35.5. The van der Waals surface area contributed by atoms with E-state index in [1.165, 1.54) is 9.80 Å². The van der Waals surface area contributed by atoms with Crippen LogP contribution in [0.15, 0.2) is 76.7 Å². The summed E-state index contributed by atoms with van der Waals surface area (Å²) < 4.78 is 5.97. The molecule has 1 saturated carbocycles. The van der Waals surface area contributed by atoms with Gasteiger partial charge in [-0.15, -0.1) is 0 Å². The molecule has 6 atom stereocenters. The summed E-state index contributed by atoms with van der Waals surface area (Å²) in [6.45, 7) is -0.319. The SMILES string of the molecule is O=C1C2CC=C3C(CC4C(=O)N(c5ccc(Cl)cc5)C(=O)C4C3c3ccc(CO)o3)C2C(=O)N1c1ccc(Cl)cc1. The van der Waals surface area contributed by atoms with Crippen LogP contribution in [0, 0.1) is 29.6 Å². The summed E-state index contributed by atoms with van der Waals surface area (Å²) in [7, 11) is 0. The van der Waals surface area contributed by atoms with E-state index in [-0.39, 0.29) is 36.7 Å². The average molecular weight is 591 g/mol. The van der Waals surface area contributed by atoms with Gasteiger partial charge in [0.25, 0.3) is 0 Å². The number of aliphatic hydroxyl groups is 1. The summed E-state index contributed by atoms with van der Waals surface area (Å²) in [4.78, 5) is 57.9. The highest BCUT2D eigenvalue weighted by Crippen LogP contribution is 2.58. The molecule has 0 radical (unpaired) electrons. The average Bonchev–Trinajstić information content (AvgIpc) is 3.62. The lowest BCUT2D eigenvalue weighted by Crippen LogP contribution is -2.43. The van der Waals surface area contributed by atoms with Gasteiger partial charge < -0.3 is 9.52 Å². The molecule has 2 saturated heterocycles. The number of carbonyl (C=O) groups is 4. The van der Waals surface area contributed by atoms with Crippen molar-refractivity contribution in [3.8, 4) is 0 Å². The van der Waals surface area contributed by atoms with Crippen molar-refractivity contribution in [2.75, 3.05) is 9.80 Å². The molecule has 41 heavy (non-hydrogen) atoms. The Bertz CT molecular complexity index is 1630. The summed E-state index contributed by atoms with van der Waals surface area (Å²) in [6, 6.07) is 16.4. The number of fused-ring (bicyclic) bond motifs is 4. The monoisotopic (exact) mass is 590 g/mol. The molecule has 208 valence electrons. The van der Waals surface area contributed by atoms with E-state index in [9.17, 15) is 24.3 Å². The van der Waals surface area contributed by atoms with Crippen LogP contribution in [-0.2, 0) is 25.8 Å². The zero-order chi connectivity index (χ0) is 28.6. The Morgan fingerprint density at radius 3 is 1.83 bits per heavy atom. The van der Waals surface area contributed by atoms with Crippen LogP contribution in [0.5, 0.6) is 0 Å². The van der Waals surface area contributed by atoms with E-state index in [0.29, 0.717) is 39.4 Å². The first-order valence-electron chi connectivity index (χ1n) is 13.4. The standard InChI is InChI=1S/C31H24Cl2N2O6/c32-15-1-5-17(6-2-15)34-28(37)21-11-10-20-22(25(21)30(34)39)13-23-27(26(20)24-12-9-19(14-36)41-24)31(40)35(29(23)38)18-7-3-16(33)4-8-18/h1-10,12,21-23,25-27,36H,11,13-14H2. The molecule has 8 nitrogen and oxygen atoms in total. The van der Waals surface area contributed by atoms with Crippen molar-refractivity contribution in [1.82, 2.24) is 0 Å². The maximum absolute atomic E-state index is 14.0. The number of aliphatic hydroxyl groups excluding tert-OH is 1. The van der Waals surface area contributed by atoms with Gasteiger partial charge in [-0.25, -0.2) is 0 Å². The van der Waals surface area contributed by atoms with Crippen molar-refractivity contribution in [3.63, 3.8) is 0 Å². The molecule has 7 rings (SSSR count). The topological polar surface area (TPSA) is 108 Å². The second kappa shape index (κ2) is 9.69. The number of anilines is 2. The molecular formula is C31H24Cl2N2O6. The minimum Gasteiger partial charge on any atom is -0.463 e. The molecule has 3 fully saturated rings. The number of rotatable bonds is 4. The number of nitrogens with zero attached hydrogens (tertiary/aromatic N) is 2. The van der Waals surface area contributed by atoms with Crippen LogP contribution >= 0.6 is 23.2 Å². The van der Waals surface area contributed by atoms with Gasteiger partial charge in [0.1, 0.15) is 18.1 Å². The fourth-order valence-electron chi connectivity index (χ4n) is 7.24. The van der Waals surface area contributed by atoms with Crippen molar-refractivity contribution in [2.45, 2.75) is 25.4 Å². The van der Waals surface area contributed by atoms with E-state index in [4.69, 9.17) is 27.6 Å². The summed E-state index contributed by atoms with van der Waals surface area (Å²) in [5.74, 6) is -4.33. The molecule has 3 heterocycles. The van der Waals surface area contributed by atoms with Gasteiger partial charge in [-0.3, -0.25) is 29.0 Å². The predicted octanol–water partition coefficient (Wildman–Crippen LogP) is 5.12. The minimum absolute atomic E-state index is 0.254. The normalized spacial score (nSPS) is 29.0. The molecule has 1 aromatic heterocycles. The summed E-state index contributed by atoms with van der Waals surface area (Å²) in [5.41, 5.74) is 1.69. The van der Waals surface area contributed by atoms with Gasteiger partial charge in [0.15, 0.2) is 0 Å². The van der Waals surface area contributed by atoms with Crippen molar-refractivity contribution in [2.24, 2.45) is 29.6 Å². The lowest BCUT2D eigenvalue weighted by Gasteiger charge is -2.43. The molecule has 2 aromatic carbocycles. The van der Waals surface area contributed by atoms with Gasteiger partial charge >= 0.3 is 0 Å². The first-order chi connectivity index (χ1) is 19.8. The summed E-state index contributed by atoms with van der Waals surface area (Å²) in [5, 5.41) is 10.6. The predicted molar refractivity (Wildman–Crippen MR) is 150 cm³/mol. The Kier molecular flexibility index (Phi) is 6.19. The third-order valence-electron chi connectivity index (χ3n) is 8.96. The Morgan fingerprint density at radius 2 is 1.27 bits per heavy atom. The summed E-state index contributed by atoms with van der Waals surface area (Å²) >= 11 is 12.1. The van der Waals surface area contributed by atoms with Crippen LogP contribution in [0.3, 0.4) is 0 Å². The van der Waals surface area contributed by atoms with Crippen molar-refractivity contribution in [3.05, 3.63) is 93.9 Å². The van der Waals surface area contributed by atoms with E-state index in [2.05, 4.69) is 0 Å². The van der Waals surface area contributed by atoms with Gasteiger partial charge in [-0.05, 0) is 79.4 Å². The lowest BCUT2D eigenvalue weighted by molar-refractivity contribution is -0.126. The smallest absolute Gasteiger partial charge is 0.238 e.